The van der Waals surface area contributed by atoms with Crippen molar-refractivity contribution in [2.24, 2.45) is 5.41 Å². The van der Waals surface area contributed by atoms with E-state index in [0.29, 0.717) is 0 Å². The number of allylic oxidation sites excluding steroid dienone is 2. The highest BCUT2D eigenvalue weighted by molar-refractivity contribution is 6.54. The molecule has 0 aromatic heterocycles. The predicted octanol–water partition coefficient (Wildman–Crippen LogP) is 3.61. The standard InChI is InChI=1S/C13H25BO2/c1-10(9-11(2,3)4)14-15-12(5,6)13(7,8)16-14/h9H,1-8H3. The SMILES string of the molecule is CC(=CC(C)(C)C)B1OC(C)(C)C(C)(C)O1. The van der Waals surface area contributed by atoms with Gasteiger partial charge in [0, 0.05) is 0 Å². The highest BCUT2D eigenvalue weighted by Crippen LogP contribution is 2.38. The fourth-order valence-corrected chi connectivity index (χ4v) is 1.78. The van der Waals surface area contributed by atoms with E-state index >= 15 is 0 Å². The van der Waals surface area contributed by atoms with Crippen molar-refractivity contribution in [3.63, 3.8) is 0 Å². The van der Waals surface area contributed by atoms with Gasteiger partial charge in [-0.3, -0.25) is 0 Å². The van der Waals surface area contributed by atoms with Crippen LogP contribution in [0.15, 0.2) is 11.5 Å². The Bertz CT molecular complexity index is 282. The molecule has 3 heteroatoms. The summed E-state index contributed by atoms with van der Waals surface area (Å²) in [5.74, 6) is 0. The molecule has 16 heavy (non-hydrogen) atoms. The summed E-state index contributed by atoms with van der Waals surface area (Å²) in [5.41, 5.74) is 0.828. The summed E-state index contributed by atoms with van der Waals surface area (Å²) >= 11 is 0. The molecule has 1 rings (SSSR count). The fraction of sp³-hybridized carbons (Fsp3) is 0.846. The van der Waals surface area contributed by atoms with Crippen LogP contribution >= 0.6 is 0 Å². The van der Waals surface area contributed by atoms with E-state index in [2.05, 4.69) is 61.5 Å². The molecular weight excluding hydrogens is 199 g/mol. The quantitative estimate of drug-likeness (QED) is 0.633. The largest absolute Gasteiger partial charge is 0.489 e. The van der Waals surface area contributed by atoms with Crippen LogP contribution in [0.25, 0.3) is 0 Å². The Morgan fingerprint density at radius 2 is 1.38 bits per heavy atom. The van der Waals surface area contributed by atoms with E-state index in [1.54, 1.807) is 0 Å². The lowest BCUT2D eigenvalue weighted by Crippen LogP contribution is -2.41. The Hall–Kier alpha value is -0.275. The Morgan fingerprint density at radius 3 is 1.69 bits per heavy atom. The second-order valence-corrected chi connectivity index (χ2v) is 6.84. The van der Waals surface area contributed by atoms with Crippen molar-refractivity contribution in [3.8, 4) is 0 Å². The van der Waals surface area contributed by atoms with E-state index in [0.717, 1.165) is 5.47 Å². The Labute approximate surface area is 101 Å². The molecule has 0 unspecified atom stereocenters. The molecule has 0 N–H and O–H groups in total. The Kier molecular flexibility index (Phi) is 3.35. The van der Waals surface area contributed by atoms with Crippen molar-refractivity contribution in [3.05, 3.63) is 11.5 Å². The lowest BCUT2D eigenvalue weighted by molar-refractivity contribution is 0.00578. The van der Waals surface area contributed by atoms with Gasteiger partial charge in [0.15, 0.2) is 0 Å². The number of rotatable bonds is 1. The predicted molar refractivity (Wildman–Crippen MR) is 69.3 cm³/mol. The van der Waals surface area contributed by atoms with Crippen molar-refractivity contribution in [2.75, 3.05) is 0 Å². The molecule has 0 aromatic carbocycles. The zero-order valence-electron chi connectivity index (χ0n) is 12.0. The van der Waals surface area contributed by atoms with Crippen LogP contribution < -0.4 is 0 Å². The molecule has 0 amide bonds. The van der Waals surface area contributed by atoms with Gasteiger partial charge in [-0.25, -0.2) is 0 Å². The third kappa shape index (κ3) is 2.89. The molecule has 92 valence electrons. The summed E-state index contributed by atoms with van der Waals surface area (Å²) < 4.78 is 12.0. The molecule has 0 atom stereocenters. The van der Waals surface area contributed by atoms with Gasteiger partial charge >= 0.3 is 7.12 Å². The molecule has 1 aliphatic rings. The first-order chi connectivity index (χ1) is 6.95. The summed E-state index contributed by atoms with van der Waals surface area (Å²) in [5, 5.41) is 0. The lowest BCUT2D eigenvalue weighted by Gasteiger charge is -2.32. The van der Waals surface area contributed by atoms with E-state index in [4.69, 9.17) is 9.31 Å². The zero-order chi connectivity index (χ0) is 12.8. The first kappa shape index (κ1) is 13.8. The van der Waals surface area contributed by atoms with E-state index in [1.165, 1.54) is 0 Å². The van der Waals surface area contributed by atoms with Gasteiger partial charge in [-0.15, -0.1) is 0 Å². The summed E-state index contributed by atoms with van der Waals surface area (Å²) in [6, 6.07) is 0. The van der Waals surface area contributed by atoms with Crippen LogP contribution in [-0.4, -0.2) is 18.3 Å². The van der Waals surface area contributed by atoms with Crippen molar-refractivity contribution >= 4 is 7.12 Å². The van der Waals surface area contributed by atoms with Crippen LogP contribution in [0.2, 0.25) is 0 Å². The minimum atomic E-state index is -0.245. The van der Waals surface area contributed by atoms with Crippen LogP contribution in [0.4, 0.5) is 0 Å². The molecule has 2 nitrogen and oxygen atoms in total. The molecule has 0 radical (unpaired) electrons. The van der Waals surface area contributed by atoms with Crippen molar-refractivity contribution in [2.45, 2.75) is 66.6 Å². The number of hydrogen-bond acceptors (Lipinski definition) is 2. The van der Waals surface area contributed by atoms with E-state index < -0.39 is 0 Å². The third-order valence-corrected chi connectivity index (χ3v) is 3.29. The highest BCUT2D eigenvalue weighted by Gasteiger charge is 2.51. The van der Waals surface area contributed by atoms with Crippen LogP contribution in [-0.2, 0) is 9.31 Å². The molecule has 0 saturated carbocycles. The monoisotopic (exact) mass is 224 g/mol. The van der Waals surface area contributed by atoms with Gasteiger partial charge < -0.3 is 9.31 Å². The van der Waals surface area contributed by atoms with Crippen LogP contribution in [0.1, 0.15) is 55.4 Å². The van der Waals surface area contributed by atoms with Crippen LogP contribution in [0.3, 0.4) is 0 Å². The Morgan fingerprint density at radius 1 is 1.00 bits per heavy atom. The fourth-order valence-electron chi connectivity index (χ4n) is 1.78. The van der Waals surface area contributed by atoms with Gasteiger partial charge in [-0.05, 0) is 45.5 Å². The molecule has 0 aliphatic carbocycles. The topological polar surface area (TPSA) is 18.5 Å². The van der Waals surface area contributed by atoms with Gasteiger partial charge in [0.05, 0.1) is 11.2 Å². The second kappa shape index (κ2) is 3.88. The molecule has 0 aromatic rings. The van der Waals surface area contributed by atoms with Gasteiger partial charge in [-0.2, -0.15) is 0 Å². The first-order valence-electron chi connectivity index (χ1n) is 6.00. The van der Waals surface area contributed by atoms with E-state index in [1.807, 2.05) is 0 Å². The molecule has 1 fully saturated rings. The van der Waals surface area contributed by atoms with Gasteiger partial charge in [0.2, 0.25) is 0 Å². The van der Waals surface area contributed by atoms with Crippen molar-refractivity contribution < 1.29 is 9.31 Å². The summed E-state index contributed by atoms with van der Waals surface area (Å²) in [7, 11) is -0.204. The van der Waals surface area contributed by atoms with E-state index in [9.17, 15) is 0 Å². The molecule has 1 aliphatic heterocycles. The minimum Gasteiger partial charge on any atom is -0.400 e. The molecule has 0 spiro atoms. The van der Waals surface area contributed by atoms with Crippen LogP contribution in [0, 0.1) is 5.41 Å². The maximum absolute atomic E-state index is 5.98. The summed E-state index contributed by atoms with van der Waals surface area (Å²) in [6.45, 7) is 16.9. The summed E-state index contributed by atoms with van der Waals surface area (Å²) in [6.07, 6.45) is 2.22. The normalized spacial score (nSPS) is 25.0. The van der Waals surface area contributed by atoms with Crippen LogP contribution in [0.5, 0.6) is 0 Å². The summed E-state index contributed by atoms with van der Waals surface area (Å²) in [4.78, 5) is 0. The average molecular weight is 224 g/mol. The maximum Gasteiger partial charge on any atom is 0.489 e. The average Bonchev–Trinajstić information content (AvgIpc) is 2.17. The highest BCUT2D eigenvalue weighted by atomic mass is 16.7. The van der Waals surface area contributed by atoms with Gasteiger partial charge in [-0.1, -0.05) is 26.8 Å². The Balaban J connectivity index is 2.85. The lowest BCUT2D eigenvalue weighted by atomic mass is 9.75. The maximum atomic E-state index is 5.98. The zero-order valence-corrected chi connectivity index (χ0v) is 12.0. The third-order valence-electron chi connectivity index (χ3n) is 3.29. The van der Waals surface area contributed by atoms with Crippen molar-refractivity contribution in [1.29, 1.82) is 0 Å². The molecule has 1 saturated heterocycles. The van der Waals surface area contributed by atoms with Gasteiger partial charge in [0.1, 0.15) is 0 Å². The van der Waals surface area contributed by atoms with Crippen molar-refractivity contribution in [1.82, 2.24) is 0 Å². The number of hydrogen-bond donors (Lipinski definition) is 0. The van der Waals surface area contributed by atoms with Gasteiger partial charge in [0.25, 0.3) is 0 Å². The molecule has 0 bridgehead atoms. The minimum absolute atomic E-state index is 0.160. The van der Waals surface area contributed by atoms with E-state index in [-0.39, 0.29) is 23.7 Å². The molecular formula is C13H25BO2. The smallest absolute Gasteiger partial charge is 0.400 e. The first-order valence-corrected chi connectivity index (χ1v) is 6.00. The molecule has 1 heterocycles. The second-order valence-electron chi connectivity index (χ2n) is 6.84.